The van der Waals surface area contributed by atoms with E-state index in [0.717, 1.165) is 24.9 Å². The second-order valence-electron chi connectivity index (χ2n) is 6.55. The first-order valence-electron chi connectivity index (χ1n) is 8.25. The Balaban J connectivity index is 1.83. The lowest BCUT2D eigenvalue weighted by Crippen LogP contribution is -2.44. The number of carbonyl (C=O) groups excluding carboxylic acids is 2. The van der Waals surface area contributed by atoms with Crippen molar-refractivity contribution in [1.29, 1.82) is 0 Å². The van der Waals surface area contributed by atoms with Gasteiger partial charge in [-0.3, -0.25) is 9.59 Å². The van der Waals surface area contributed by atoms with Crippen molar-refractivity contribution >= 4 is 11.8 Å². The zero-order chi connectivity index (χ0) is 16.8. The first-order chi connectivity index (χ1) is 11.0. The Hall–Kier alpha value is -1.91. The summed E-state index contributed by atoms with van der Waals surface area (Å²) in [7, 11) is 0. The number of likely N-dealkylation sites (tertiary alicyclic amines) is 1. The fourth-order valence-electron chi connectivity index (χ4n) is 2.80. The predicted molar refractivity (Wildman–Crippen MR) is 87.3 cm³/mol. The Bertz CT molecular complexity index is 542. The van der Waals surface area contributed by atoms with Crippen molar-refractivity contribution in [3.8, 4) is 0 Å². The highest BCUT2D eigenvalue weighted by atomic mass is 19.1. The standard InChI is InChI=1S/C18H25FN2O2/c1-13(2)18(23)20-11-15-4-3-9-21(12-15)17(22)10-14-5-7-16(19)8-6-14/h5-8,13,15H,3-4,9-12H2,1-2H3,(H,20,23)/t15-/m1/s1. The minimum absolute atomic E-state index is 0.0187. The quantitative estimate of drug-likeness (QED) is 0.905. The van der Waals surface area contributed by atoms with Crippen molar-refractivity contribution in [3.63, 3.8) is 0 Å². The van der Waals surface area contributed by atoms with Gasteiger partial charge in [-0.2, -0.15) is 0 Å². The summed E-state index contributed by atoms with van der Waals surface area (Å²) in [4.78, 5) is 25.9. The van der Waals surface area contributed by atoms with Gasteiger partial charge in [0.1, 0.15) is 5.82 Å². The highest BCUT2D eigenvalue weighted by Gasteiger charge is 2.24. The molecule has 1 fully saturated rings. The summed E-state index contributed by atoms with van der Waals surface area (Å²) < 4.78 is 12.9. The second kappa shape index (κ2) is 8.09. The molecule has 1 N–H and O–H groups in total. The molecule has 1 aromatic carbocycles. The molecular formula is C18H25FN2O2. The van der Waals surface area contributed by atoms with Crippen LogP contribution in [0.3, 0.4) is 0 Å². The van der Waals surface area contributed by atoms with Crippen molar-refractivity contribution < 1.29 is 14.0 Å². The number of rotatable bonds is 5. The van der Waals surface area contributed by atoms with Crippen LogP contribution in [-0.2, 0) is 16.0 Å². The van der Waals surface area contributed by atoms with Crippen molar-refractivity contribution in [1.82, 2.24) is 10.2 Å². The smallest absolute Gasteiger partial charge is 0.226 e. The molecule has 4 nitrogen and oxygen atoms in total. The third kappa shape index (κ3) is 5.34. The molecule has 2 amide bonds. The summed E-state index contributed by atoms with van der Waals surface area (Å²) in [6, 6.07) is 6.06. The summed E-state index contributed by atoms with van der Waals surface area (Å²) >= 11 is 0. The van der Waals surface area contributed by atoms with Gasteiger partial charge in [-0.05, 0) is 36.5 Å². The number of halogens is 1. The van der Waals surface area contributed by atoms with E-state index >= 15 is 0 Å². The SMILES string of the molecule is CC(C)C(=O)NC[C@H]1CCCN(C(=O)Cc2ccc(F)cc2)C1. The molecule has 2 rings (SSSR count). The van der Waals surface area contributed by atoms with Gasteiger partial charge in [0, 0.05) is 25.6 Å². The minimum atomic E-state index is -0.292. The first kappa shape index (κ1) is 17.4. The third-order valence-corrected chi connectivity index (χ3v) is 4.23. The fourth-order valence-corrected chi connectivity index (χ4v) is 2.80. The van der Waals surface area contributed by atoms with Gasteiger partial charge in [0.15, 0.2) is 0 Å². The van der Waals surface area contributed by atoms with Crippen molar-refractivity contribution in [3.05, 3.63) is 35.6 Å². The fraction of sp³-hybridized carbons (Fsp3) is 0.556. The van der Waals surface area contributed by atoms with Crippen LogP contribution in [-0.4, -0.2) is 36.3 Å². The Labute approximate surface area is 137 Å². The Morgan fingerprint density at radius 1 is 1.30 bits per heavy atom. The summed E-state index contributed by atoms with van der Waals surface area (Å²) in [6.45, 7) is 5.80. The highest BCUT2D eigenvalue weighted by molar-refractivity contribution is 5.79. The number of amides is 2. The molecule has 1 aliphatic heterocycles. The Kier molecular flexibility index (Phi) is 6.13. The van der Waals surface area contributed by atoms with E-state index in [1.165, 1.54) is 12.1 Å². The molecule has 0 aromatic heterocycles. The number of carbonyl (C=O) groups is 2. The van der Waals surface area contributed by atoms with Gasteiger partial charge in [0.05, 0.1) is 6.42 Å². The largest absolute Gasteiger partial charge is 0.356 e. The number of hydrogen-bond acceptors (Lipinski definition) is 2. The summed E-state index contributed by atoms with van der Waals surface area (Å²) in [5.74, 6) is 0.120. The summed E-state index contributed by atoms with van der Waals surface area (Å²) in [5, 5.41) is 2.95. The van der Waals surface area contributed by atoms with Crippen molar-refractivity contribution in [2.75, 3.05) is 19.6 Å². The Morgan fingerprint density at radius 2 is 2.00 bits per heavy atom. The molecule has 1 atom stereocenters. The van der Waals surface area contributed by atoms with Crippen LogP contribution in [0.1, 0.15) is 32.3 Å². The molecule has 0 bridgehead atoms. The lowest BCUT2D eigenvalue weighted by molar-refractivity contribution is -0.132. The van der Waals surface area contributed by atoms with Crippen LogP contribution in [0.2, 0.25) is 0 Å². The van der Waals surface area contributed by atoms with E-state index in [-0.39, 0.29) is 23.5 Å². The first-order valence-corrected chi connectivity index (χ1v) is 8.25. The molecule has 0 radical (unpaired) electrons. The van der Waals surface area contributed by atoms with E-state index < -0.39 is 0 Å². The minimum Gasteiger partial charge on any atom is -0.356 e. The number of piperidine rings is 1. The van der Waals surface area contributed by atoms with Gasteiger partial charge in [-0.25, -0.2) is 4.39 Å². The summed E-state index contributed by atoms with van der Waals surface area (Å²) in [6.07, 6.45) is 2.28. The highest BCUT2D eigenvalue weighted by Crippen LogP contribution is 2.17. The second-order valence-corrected chi connectivity index (χ2v) is 6.55. The van der Waals surface area contributed by atoms with Crippen molar-refractivity contribution in [2.24, 2.45) is 11.8 Å². The van der Waals surface area contributed by atoms with Gasteiger partial charge < -0.3 is 10.2 Å². The molecule has 0 saturated carbocycles. The van der Waals surface area contributed by atoms with Crippen LogP contribution in [0.15, 0.2) is 24.3 Å². The monoisotopic (exact) mass is 320 g/mol. The van der Waals surface area contributed by atoms with E-state index in [0.29, 0.717) is 25.4 Å². The molecule has 1 aromatic rings. The number of nitrogens with one attached hydrogen (secondary N) is 1. The van der Waals surface area contributed by atoms with Crippen LogP contribution in [0.25, 0.3) is 0 Å². The van der Waals surface area contributed by atoms with E-state index in [9.17, 15) is 14.0 Å². The topological polar surface area (TPSA) is 49.4 Å². The normalized spacial score (nSPS) is 18.1. The molecule has 0 spiro atoms. The Morgan fingerprint density at radius 3 is 2.65 bits per heavy atom. The number of benzene rings is 1. The molecule has 1 aliphatic rings. The average Bonchev–Trinajstić information content (AvgIpc) is 2.54. The molecule has 1 saturated heterocycles. The maximum Gasteiger partial charge on any atom is 0.226 e. The number of nitrogens with zero attached hydrogens (tertiary/aromatic N) is 1. The van der Waals surface area contributed by atoms with Gasteiger partial charge in [0.2, 0.25) is 11.8 Å². The maximum atomic E-state index is 12.9. The van der Waals surface area contributed by atoms with Crippen molar-refractivity contribution in [2.45, 2.75) is 33.1 Å². The molecule has 1 heterocycles. The molecule has 0 aliphatic carbocycles. The molecule has 126 valence electrons. The zero-order valence-corrected chi connectivity index (χ0v) is 13.8. The molecule has 5 heteroatoms. The lowest BCUT2D eigenvalue weighted by Gasteiger charge is -2.33. The van der Waals surface area contributed by atoms with E-state index in [1.54, 1.807) is 12.1 Å². The molecule has 23 heavy (non-hydrogen) atoms. The summed E-state index contributed by atoms with van der Waals surface area (Å²) in [5.41, 5.74) is 0.826. The van der Waals surface area contributed by atoms with Gasteiger partial charge >= 0.3 is 0 Å². The van der Waals surface area contributed by atoms with Crippen LogP contribution in [0, 0.1) is 17.7 Å². The van der Waals surface area contributed by atoms with Gasteiger partial charge in [-0.1, -0.05) is 26.0 Å². The molecular weight excluding hydrogens is 295 g/mol. The maximum absolute atomic E-state index is 12.9. The van der Waals surface area contributed by atoms with E-state index in [2.05, 4.69) is 5.32 Å². The van der Waals surface area contributed by atoms with Crippen LogP contribution < -0.4 is 5.32 Å². The van der Waals surface area contributed by atoms with Gasteiger partial charge in [-0.15, -0.1) is 0 Å². The van der Waals surface area contributed by atoms with E-state index in [4.69, 9.17) is 0 Å². The lowest BCUT2D eigenvalue weighted by atomic mass is 9.97. The predicted octanol–water partition coefficient (Wildman–Crippen LogP) is 2.38. The van der Waals surface area contributed by atoms with Crippen LogP contribution in [0.5, 0.6) is 0 Å². The van der Waals surface area contributed by atoms with Crippen LogP contribution >= 0.6 is 0 Å². The number of hydrogen-bond donors (Lipinski definition) is 1. The zero-order valence-electron chi connectivity index (χ0n) is 13.8. The van der Waals surface area contributed by atoms with Crippen LogP contribution in [0.4, 0.5) is 4.39 Å². The van der Waals surface area contributed by atoms with Gasteiger partial charge in [0.25, 0.3) is 0 Å². The third-order valence-electron chi connectivity index (χ3n) is 4.23. The average molecular weight is 320 g/mol. The van der Waals surface area contributed by atoms with E-state index in [1.807, 2.05) is 18.7 Å². The molecule has 0 unspecified atom stereocenters.